The van der Waals surface area contributed by atoms with Crippen LogP contribution in [0, 0.1) is 0 Å². The van der Waals surface area contributed by atoms with Gasteiger partial charge in [-0.15, -0.1) is 22.7 Å². The van der Waals surface area contributed by atoms with Crippen LogP contribution in [0.3, 0.4) is 0 Å². The van der Waals surface area contributed by atoms with Gasteiger partial charge >= 0.3 is 0 Å². The van der Waals surface area contributed by atoms with E-state index in [4.69, 9.17) is 8.83 Å². The molecule has 0 unspecified atom stereocenters. The van der Waals surface area contributed by atoms with Crippen molar-refractivity contribution >= 4 is 172 Å². The van der Waals surface area contributed by atoms with Gasteiger partial charge in [0.15, 0.2) is 0 Å². The Kier molecular flexibility index (Phi) is 10.1. The molecule has 0 bridgehead atoms. The number of furan rings is 2. The van der Waals surface area contributed by atoms with E-state index < -0.39 is 0 Å². The summed E-state index contributed by atoms with van der Waals surface area (Å²) in [5.41, 5.74) is 15.8. The van der Waals surface area contributed by atoms with E-state index in [1.165, 1.54) is 161 Å². The molecule has 0 N–H and O–H groups in total. The van der Waals surface area contributed by atoms with E-state index >= 15 is 0 Å². The quantitative estimate of drug-likeness (QED) is 0.161. The first-order valence-electron chi connectivity index (χ1n) is 30.1. The average Bonchev–Trinajstić information content (AvgIpc) is 1.23. The Morgan fingerprint density at radius 2 is 0.580 bits per heavy atom. The fourth-order valence-electron chi connectivity index (χ4n) is 15.1. The van der Waals surface area contributed by atoms with Gasteiger partial charge in [0.25, 0.3) is 0 Å². The summed E-state index contributed by atoms with van der Waals surface area (Å²) in [6, 6.07) is 104. The number of hydrogen-bond donors (Lipinski definition) is 0. The van der Waals surface area contributed by atoms with E-state index in [2.05, 4.69) is 279 Å². The molecule has 20 rings (SSSR count). The molecule has 20 aromatic rings. The van der Waals surface area contributed by atoms with Crippen molar-refractivity contribution in [3.8, 4) is 55.6 Å². The average molecular weight is 1150 g/mol. The van der Waals surface area contributed by atoms with Crippen LogP contribution in [0.5, 0.6) is 0 Å². The molecular formula is C84H46O2S2. The van der Waals surface area contributed by atoms with E-state index in [0.29, 0.717) is 0 Å². The van der Waals surface area contributed by atoms with Crippen LogP contribution in [-0.2, 0) is 0 Å². The second kappa shape index (κ2) is 18.3. The van der Waals surface area contributed by atoms with Gasteiger partial charge in [0.2, 0.25) is 0 Å². The van der Waals surface area contributed by atoms with Crippen LogP contribution < -0.4 is 0 Å². The van der Waals surface area contributed by atoms with Crippen LogP contribution in [-0.4, -0.2) is 0 Å². The molecule has 0 aliphatic rings. The van der Waals surface area contributed by atoms with E-state index in [0.717, 1.165) is 43.9 Å². The molecule has 88 heavy (non-hydrogen) atoms. The van der Waals surface area contributed by atoms with Gasteiger partial charge in [0, 0.05) is 67.5 Å². The highest BCUT2D eigenvalue weighted by atomic mass is 32.1. The second-order valence-corrected chi connectivity index (χ2v) is 25.8. The predicted molar refractivity (Wildman–Crippen MR) is 379 cm³/mol. The van der Waals surface area contributed by atoms with Gasteiger partial charge in [-0.3, -0.25) is 0 Å². The Labute approximate surface area is 511 Å². The Morgan fingerprint density at radius 1 is 0.193 bits per heavy atom. The first kappa shape index (κ1) is 48.4. The van der Waals surface area contributed by atoms with Crippen molar-refractivity contribution in [2.75, 3.05) is 0 Å². The number of rotatable bonds is 5. The number of benzene rings is 16. The Balaban J connectivity index is 0.702. The predicted octanol–water partition coefficient (Wildman–Crippen LogP) is 25.5. The maximum absolute atomic E-state index is 6.86. The van der Waals surface area contributed by atoms with Gasteiger partial charge in [-0.25, -0.2) is 0 Å². The molecule has 0 aliphatic carbocycles. The Hall–Kier alpha value is -10.9. The third-order valence-corrected chi connectivity index (χ3v) is 21.4. The summed E-state index contributed by atoms with van der Waals surface area (Å²) in [6.07, 6.45) is 0. The SMILES string of the molecule is c1ccc2cc3c(cc2c1)oc1ccc(-c2c4ccccc4c(-c4cccc5c4sc4ccc(-c6cccc7cc8c(cc67)oc6ccc(-c7c9ccccc9c(-c9ccc%10sc%11ccccc%11c%10c9)c9ccccc79)cc68)cc45)c4ccccc24)cc13. The molecule has 0 aliphatic heterocycles. The molecule has 0 radical (unpaired) electrons. The normalized spacial score (nSPS) is 12.3. The minimum atomic E-state index is 0.882. The zero-order valence-electron chi connectivity index (χ0n) is 47.2. The molecule has 4 heterocycles. The highest BCUT2D eigenvalue weighted by Gasteiger charge is 2.23. The van der Waals surface area contributed by atoms with Gasteiger partial charge in [0.1, 0.15) is 22.3 Å². The van der Waals surface area contributed by atoms with Crippen molar-refractivity contribution in [2.24, 2.45) is 0 Å². The Bertz CT molecular complexity index is 6330. The first-order chi connectivity index (χ1) is 43.6. The zero-order valence-corrected chi connectivity index (χ0v) is 48.8. The van der Waals surface area contributed by atoms with Crippen molar-refractivity contribution in [1.82, 2.24) is 0 Å². The fourth-order valence-corrected chi connectivity index (χ4v) is 17.4. The summed E-state index contributed by atoms with van der Waals surface area (Å²) in [4.78, 5) is 0. The molecular weight excluding hydrogens is 1110 g/mol. The van der Waals surface area contributed by atoms with Crippen LogP contribution in [0.2, 0.25) is 0 Å². The molecule has 2 nitrogen and oxygen atoms in total. The fraction of sp³-hybridized carbons (Fsp3) is 0. The van der Waals surface area contributed by atoms with Gasteiger partial charge in [0.05, 0.1) is 0 Å². The zero-order chi connectivity index (χ0) is 57.3. The van der Waals surface area contributed by atoms with E-state index in [1.54, 1.807) is 0 Å². The lowest BCUT2D eigenvalue weighted by molar-refractivity contribution is 0.669. The molecule has 0 amide bonds. The highest BCUT2D eigenvalue weighted by Crippen LogP contribution is 2.51. The van der Waals surface area contributed by atoms with Crippen molar-refractivity contribution < 1.29 is 8.83 Å². The molecule has 406 valence electrons. The second-order valence-electron chi connectivity index (χ2n) is 23.7. The van der Waals surface area contributed by atoms with Crippen molar-refractivity contribution in [1.29, 1.82) is 0 Å². The van der Waals surface area contributed by atoms with E-state index in [9.17, 15) is 0 Å². The van der Waals surface area contributed by atoms with Crippen LogP contribution in [0.25, 0.3) is 204 Å². The smallest absolute Gasteiger partial charge is 0.136 e. The van der Waals surface area contributed by atoms with Gasteiger partial charge in [-0.05, 0) is 194 Å². The highest BCUT2D eigenvalue weighted by molar-refractivity contribution is 7.26. The van der Waals surface area contributed by atoms with Crippen LogP contribution in [0.4, 0.5) is 0 Å². The van der Waals surface area contributed by atoms with Crippen LogP contribution >= 0.6 is 22.7 Å². The van der Waals surface area contributed by atoms with E-state index in [1.807, 2.05) is 22.7 Å². The summed E-state index contributed by atoms with van der Waals surface area (Å²) in [5.74, 6) is 0. The lowest BCUT2D eigenvalue weighted by Gasteiger charge is -2.18. The summed E-state index contributed by atoms with van der Waals surface area (Å²) < 4.78 is 18.6. The van der Waals surface area contributed by atoms with Gasteiger partial charge < -0.3 is 8.83 Å². The minimum Gasteiger partial charge on any atom is -0.456 e. The third kappa shape index (κ3) is 6.98. The maximum atomic E-state index is 6.86. The Morgan fingerprint density at radius 3 is 1.18 bits per heavy atom. The minimum absolute atomic E-state index is 0.882. The molecule has 4 heteroatoms. The van der Waals surface area contributed by atoms with Crippen molar-refractivity contribution in [3.63, 3.8) is 0 Å². The monoisotopic (exact) mass is 1150 g/mol. The summed E-state index contributed by atoms with van der Waals surface area (Å²) in [6.45, 7) is 0. The lowest BCUT2D eigenvalue weighted by atomic mass is 9.85. The summed E-state index contributed by atoms with van der Waals surface area (Å²) in [5, 5.41) is 24.3. The summed E-state index contributed by atoms with van der Waals surface area (Å²) >= 11 is 3.76. The topological polar surface area (TPSA) is 26.3 Å². The van der Waals surface area contributed by atoms with Crippen molar-refractivity contribution in [2.45, 2.75) is 0 Å². The molecule has 0 saturated heterocycles. The van der Waals surface area contributed by atoms with Crippen LogP contribution in [0.15, 0.2) is 288 Å². The number of fused-ring (bicyclic) bond motifs is 18. The molecule has 0 atom stereocenters. The summed E-state index contributed by atoms with van der Waals surface area (Å²) in [7, 11) is 0. The van der Waals surface area contributed by atoms with Crippen LogP contribution in [0.1, 0.15) is 0 Å². The first-order valence-corrected chi connectivity index (χ1v) is 31.7. The van der Waals surface area contributed by atoms with Gasteiger partial charge in [-0.2, -0.15) is 0 Å². The molecule has 16 aromatic carbocycles. The maximum Gasteiger partial charge on any atom is 0.136 e. The number of hydrogen-bond acceptors (Lipinski definition) is 4. The molecule has 0 saturated carbocycles. The number of thiophene rings is 2. The third-order valence-electron chi connectivity index (χ3n) is 19.0. The molecule has 4 aromatic heterocycles. The standard InChI is InChI=1S/C84H46O2S2/c1-2-16-48-45-75-69(39-47(48)15-1)67-42-52(31-35-73(67)85-75)81-60-23-7-9-25-62(60)83(63-26-10-8-24-61(63)81)65-29-14-28-64-72-41-50(33-37-79(72)88-84(64)65)54-27-13-17-49-40-70-68-43-51(32-36-74(68)86-76(70)46-66(49)54)80-56-19-3-5-21-58(56)82(59-22-6-4-20-57(59)80)53-34-38-78-71(44-53)55-18-11-12-30-77(55)87-78/h1-46H. The molecule has 0 spiro atoms. The molecule has 0 fully saturated rings. The lowest BCUT2D eigenvalue weighted by Crippen LogP contribution is -1.91. The van der Waals surface area contributed by atoms with Crippen molar-refractivity contribution in [3.05, 3.63) is 279 Å². The van der Waals surface area contributed by atoms with Gasteiger partial charge in [-0.1, -0.05) is 200 Å². The van der Waals surface area contributed by atoms with E-state index in [-0.39, 0.29) is 0 Å². The largest absolute Gasteiger partial charge is 0.456 e.